The first-order valence-electron chi connectivity index (χ1n) is 10.4. The average molecular weight is 443 g/mol. The number of rotatable bonds is 5. The van der Waals surface area contributed by atoms with Crippen molar-refractivity contribution < 1.29 is 17.9 Å². The molecule has 0 aromatic heterocycles. The predicted octanol–water partition coefficient (Wildman–Crippen LogP) is 3.63. The second kappa shape index (κ2) is 7.35. The molecule has 4 rings (SSSR count). The van der Waals surface area contributed by atoms with Crippen LogP contribution in [0.1, 0.15) is 55.5 Å². The maximum atomic E-state index is 11.4. The van der Waals surface area contributed by atoms with Crippen LogP contribution in [0.25, 0.3) is 0 Å². The number of hydrogen-bond acceptors (Lipinski definition) is 5. The molecule has 1 N–H and O–H groups in total. The number of ether oxygens (including phenoxy) is 2. The van der Waals surface area contributed by atoms with Gasteiger partial charge in [-0.05, 0) is 51.3 Å². The SMILES string of the molecule is COc1cc2c(c3c1OC(C)(C)C3)C(c1ccc(CNS(C)(=O)=O)cc1)=NC(C)(C)C2. The molecule has 0 unspecified atom stereocenters. The second-order valence-corrected chi connectivity index (χ2v) is 11.5. The standard InChI is InChI=1S/C24H30N2O4S/c1-23(2)12-17-11-19(29-5)22-18(13-24(3,4)30-22)20(17)21(26-23)16-9-7-15(8-10-16)14-25-31(6,27)28/h7-11,25H,12-14H2,1-6H3. The Morgan fingerprint density at radius 3 is 2.42 bits per heavy atom. The lowest BCUT2D eigenvalue weighted by Gasteiger charge is -2.31. The fraction of sp³-hybridized carbons (Fsp3) is 0.458. The van der Waals surface area contributed by atoms with Gasteiger partial charge in [-0.1, -0.05) is 24.3 Å². The molecule has 166 valence electrons. The Hall–Kier alpha value is -2.38. The van der Waals surface area contributed by atoms with Gasteiger partial charge in [0.2, 0.25) is 10.0 Å². The number of benzene rings is 2. The first kappa shape index (κ1) is 21.8. The molecule has 2 aliphatic heterocycles. The van der Waals surface area contributed by atoms with Crippen LogP contribution in [-0.2, 0) is 29.4 Å². The van der Waals surface area contributed by atoms with Crippen molar-refractivity contribution in [2.24, 2.45) is 4.99 Å². The Morgan fingerprint density at radius 2 is 1.81 bits per heavy atom. The van der Waals surface area contributed by atoms with E-state index >= 15 is 0 Å². The number of nitrogens with one attached hydrogen (secondary N) is 1. The summed E-state index contributed by atoms with van der Waals surface area (Å²) < 4.78 is 37.2. The summed E-state index contributed by atoms with van der Waals surface area (Å²) in [5.74, 6) is 1.59. The Bertz CT molecular complexity index is 1160. The minimum atomic E-state index is -3.23. The van der Waals surface area contributed by atoms with Gasteiger partial charge in [-0.2, -0.15) is 0 Å². The molecule has 2 aliphatic rings. The molecule has 2 aromatic rings. The zero-order valence-corrected chi connectivity index (χ0v) is 19.8. The molecule has 6 nitrogen and oxygen atoms in total. The number of aliphatic imine (C=N–C) groups is 1. The van der Waals surface area contributed by atoms with Gasteiger partial charge in [0.25, 0.3) is 0 Å². The molecule has 2 aromatic carbocycles. The molecule has 7 heteroatoms. The van der Waals surface area contributed by atoms with Crippen molar-refractivity contribution >= 4 is 15.7 Å². The first-order chi connectivity index (χ1) is 14.4. The molecule has 0 atom stereocenters. The highest BCUT2D eigenvalue weighted by Crippen LogP contribution is 2.47. The molecule has 0 bridgehead atoms. The van der Waals surface area contributed by atoms with E-state index in [1.54, 1.807) is 7.11 Å². The summed E-state index contributed by atoms with van der Waals surface area (Å²) in [5.41, 5.74) is 5.82. The lowest BCUT2D eigenvalue weighted by molar-refractivity contribution is 0.134. The van der Waals surface area contributed by atoms with Gasteiger partial charge < -0.3 is 9.47 Å². The summed E-state index contributed by atoms with van der Waals surface area (Å²) in [5, 5.41) is 0. The van der Waals surface area contributed by atoms with Crippen LogP contribution < -0.4 is 14.2 Å². The average Bonchev–Trinajstić information content (AvgIpc) is 2.99. The molecule has 2 heterocycles. The summed E-state index contributed by atoms with van der Waals surface area (Å²) >= 11 is 0. The topological polar surface area (TPSA) is 77.0 Å². The quantitative estimate of drug-likeness (QED) is 0.767. The molecule has 0 saturated heterocycles. The van der Waals surface area contributed by atoms with Crippen LogP contribution in [0.2, 0.25) is 0 Å². The van der Waals surface area contributed by atoms with Crippen LogP contribution in [0.5, 0.6) is 11.5 Å². The number of fused-ring (bicyclic) bond motifs is 3. The molecule has 0 amide bonds. The number of methoxy groups -OCH3 is 1. The summed E-state index contributed by atoms with van der Waals surface area (Å²) in [6.45, 7) is 8.72. The Labute approximate surface area is 184 Å². The molecule has 0 saturated carbocycles. The van der Waals surface area contributed by atoms with Crippen LogP contribution in [-0.4, -0.2) is 38.6 Å². The van der Waals surface area contributed by atoms with E-state index in [0.29, 0.717) is 0 Å². The molecule has 0 radical (unpaired) electrons. The van der Waals surface area contributed by atoms with Crippen LogP contribution in [0.15, 0.2) is 35.3 Å². The van der Waals surface area contributed by atoms with Crippen molar-refractivity contribution in [1.29, 1.82) is 0 Å². The van der Waals surface area contributed by atoms with E-state index in [0.717, 1.165) is 58.6 Å². The normalized spacial score (nSPS) is 18.6. The molecule has 31 heavy (non-hydrogen) atoms. The molecule has 0 spiro atoms. The van der Waals surface area contributed by atoms with E-state index in [-0.39, 0.29) is 17.7 Å². The van der Waals surface area contributed by atoms with Crippen molar-refractivity contribution in [3.8, 4) is 11.5 Å². The fourth-order valence-electron chi connectivity index (χ4n) is 4.42. The number of hydrogen-bond donors (Lipinski definition) is 1. The van der Waals surface area contributed by atoms with Crippen molar-refractivity contribution in [1.82, 2.24) is 4.72 Å². The lowest BCUT2D eigenvalue weighted by atomic mass is 9.81. The van der Waals surface area contributed by atoms with E-state index in [1.807, 2.05) is 24.3 Å². The smallest absolute Gasteiger partial charge is 0.209 e. The van der Waals surface area contributed by atoms with Crippen LogP contribution in [0.4, 0.5) is 0 Å². The van der Waals surface area contributed by atoms with Gasteiger partial charge in [-0.15, -0.1) is 0 Å². The van der Waals surface area contributed by atoms with Crippen molar-refractivity contribution in [2.75, 3.05) is 13.4 Å². The maximum absolute atomic E-state index is 11.4. The number of nitrogens with zero attached hydrogens (tertiary/aromatic N) is 1. The third-order valence-corrected chi connectivity index (χ3v) is 6.34. The highest BCUT2D eigenvalue weighted by atomic mass is 32.2. The van der Waals surface area contributed by atoms with Gasteiger partial charge in [-0.25, -0.2) is 13.1 Å². The highest BCUT2D eigenvalue weighted by molar-refractivity contribution is 7.88. The van der Waals surface area contributed by atoms with Gasteiger partial charge in [0.1, 0.15) is 5.60 Å². The van der Waals surface area contributed by atoms with Gasteiger partial charge in [0, 0.05) is 29.7 Å². The largest absolute Gasteiger partial charge is 0.493 e. The Morgan fingerprint density at radius 1 is 1.13 bits per heavy atom. The number of sulfonamides is 1. The molecular weight excluding hydrogens is 412 g/mol. The first-order valence-corrected chi connectivity index (χ1v) is 12.3. The molecule has 0 fully saturated rings. The zero-order chi connectivity index (χ0) is 22.6. The summed E-state index contributed by atoms with van der Waals surface area (Å²) in [7, 11) is -1.55. The van der Waals surface area contributed by atoms with Crippen molar-refractivity contribution in [2.45, 2.75) is 58.2 Å². The minimum absolute atomic E-state index is 0.243. The fourth-order valence-corrected chi connectivity index (χ4v) is 4.85. The van der Waals surface area contributed by atoms with Gasteiger partial charge in [0.15, 0.2) is 11.5 Å². The molecular formula is C24H30N2O4S. The third kappa shape index (κ3) is 4.48. The van der Waals surface area contributed by atoms with Crippen molar-refractivity contribution in [3.05, 3.63) is 58.1 Å². The minimum Gasteiger partial charge on any atom is -0.493 e. The molecule has 0 aliphatic carbocycles. The van der Waals surface area contributed by atoms with E-state index in [2.05, 4.69) is 38.5 Å². The summed E-state index contributed by atoms with van der Waals surface area (Å²) in [6, 6.07) is 10.0. The predicted molar refractivity (Wildman–Crippen MR) is 123 cm³/mol. The van der Waals surface area contributed by atoms with Gasteiger partial charge in [0.05, 0.1) is 24.6 Å². The lowest BCUT2D eigenvalue weighted by Crippen LogP contribution is -2.30. The van der Waals surface area contributed by atoms with E-state index < -0.39 is 10.0 Å². The third-order valence-electron chi connectivity index (χ3n) is 5.67. The zero-order valence-electron chi connectivity index (χ0n) is 19.0. The van der Waals surface area contributed by atoms with E-state index in [1.165, 1.54) is 5.56 Å². The van der Waals surface area contributed by atoms with E-state index in [9.17, 15) is 8.42 Å². The Kier molecular flexibility index (Phi) is 5.17. The van der Waals surface area contributed by atoms with Crippen LogP contribution in [0.3, 0.4) is 0 Å². The van der Waals surface area contributed by atoms with Gasteiger partial charge in [-0.3, -0.25) is 4.99 Å². The van der Waals surface area contributed by atoms with Crippen LogP contribution in [0, 0.1) is 0 Å². The Balaban J connectivity index is 1.80. The maximum Gasteiger partial charge on any atom is 0.209 e. The monoisotopic (exact) mass is 442 g/mol. The summed E-state index contributed by atoms with van der Waals surface area (Å²) in [6.07, 6.45) is 2.78. The summed E-state index contributed by atoms with van der Waals surface area (Å²) in [4.78, 5) is 5.13. The highest BCUT2D eigenvalue weighted by Gasteiger charge is 2.39. The second-order valence-electron chi connectivity index (χ2n) is 9.70. The van der Waals surface area contributed by atoms with Gasteiger partial charge >= 0.3 is 0 Å². The van der Waals surface area contributed by atoms with Crippen LogP contribution >= 0.6 is 0 Å². The van der Waals surface area contributed by atoms with E-state index in [4.69, 9.17) is 14.5 Å². The van der Waals surface area contributed by atoms with Crippen molar-refractivity contribution in [3.63, 3.8) is 0 Å².